The third kappa shape index (κ3) is 3.21. The van der Waals surface area contributed by atoms with Gasteiger partial charge in [0.25, 0.3) is 0 Å². The Balaban J connectivity index is 1.54. The Morgan fingerprint density at radius 1 is 1.33 bits per heavy atom. The van der Waals surface area contributed by atoms with Crippen molar-refractivity contribution in [2.75, 3.05) is 19.7 Å². The SMILES string of the molecule is CCC(=O)N1CCC2(CC1)C[C@@H](Oc1ccccc1)CO2. The Kier molecular flexibility index (Phi) is 4.15. The van der Waals surface area contributed by atoms with E-state index in [9.17, 15) is 4.79 Å². The van der Waals surface area contributed by atoms with Crippen LogP contribution in [-0.4, -0.2) is 42.2 Å². The molecule has 2 aliphatic rings. The molecule has 114 valence electrons. The lowest BCUT2D eigenvalue weighted by atomic mass is 9.88. The Labute approximate surface area is 126 Å². The summed E-state index contributed by atoms with van der Waals surface area (Å²) in [5.74, 6) is 1.15. The van der Waals surface area contributed by atoms with Crippen molar-refractivity contribution in [2.45, 2.75) is 44.3 Å². The predicted molar refractivity (Wildman–Crippen MR) is 80.3 cm³/mol. The van der Waals surface area contributed by atoms with Crippen molar-refractivity contribution in [1.82, 2.24) is 4.90 Å². The number of benzene rings is 1. The molecule has 1 spiro atoms. The maximum atomic E-state index is 11.7. The number of ether oxygens (including phenoxy) is 2. The summed E-state index contributed by atoms with van der Waals surface area (Å²) in [6, 6.07) is 9.91. The van der Waals surface area contributed by atoms with Gasteiger partial charge in [0.1, 0.15) is 11.9 Å². The molecular weight excluding hydrogens is 266 g/mol. The van der Waals surface area contributed by atoms with Crippen LogP contribution in [0.2, 0.25) is 0 Å². The number of amides is 1. The maximum absolute atomic E-state index is 11.7. The van der Waals surface area contributed by atoms with Crippen molar-refractivity contribution in [1.29, 1.82) is 0 Å². The fourth-order valence-electron chi connectivity index (χ4n) is 3.31. The van der Waals surface area contributed by atoms with E-state index in [4.69, 9.17) is 9.47 Å². The fourth-order valence-corrected chi connectivity index (χ4v) is 3.31. The van der Waals surface area contributed by atoms with E-state index in [1.54, 1.807) is 0 Å². The second kappa shape index (κ2) is 6.06. The Hall–Kier alpha value is -1.55. The molecule has 0 unspecified atom stereocenters. The summed E-state index contributed by atoms with van der Waals surface area (Å²) < 4.78 is 12.1. The number of hydrogen-bond acceptors (Lipinski definition) is 3. The number of hydrogen-bond donors (Lipinski definition) is 0. The van der Waals surface area contributed by atoms with Crippen LogP contribution < -0.4 is 4.74 Å². The molecule has 0 radical (unpaired) electrons. The summed E-state index contributed by atoms with van der Waals surface area (Å²) in [6.45, 7) is 4.19. The van der Waals surface area contributed by atoms with Crippen LogP contribution >= 0.6 is 0 Å². The van der Waals surface area contributed by atoms with Gasteiger partial charge in [-0.05, 0) is 25.0 Å². The fraction of sp³-hybridized carbons (Fsp3) is 0.588. The van der Waals surface area contributed by atoms with Crippen LogP contribution in [0.25, 0.3) is 0 Å². The minimum absolute atomic E-state index is 0.0794. The number of rotatable bonds is 3. The number of piperidine rings is 1. The highest BCUT2D eigenvalue weighted by molar-refractivity contribution is 5.75. The van der Waals surface area contributed by atoms with Crippen molar-refractivity contribution >= 4 is 5.91 Å². The van der Waals surface area contributed by atoms with Gasteiger partial charge in [0.05, 0.1) is 12.2 Å². The van der Waals surface area contributed by atoms with Crippen LogP contribution in [-0.2, 0) is 9.53 Å². The average molecular weight is 289 g/mol. The minimum Gasteiger partial charge on any atom is -0.488 e. The largest absolute Gasteiger partial charge is 0.488 e. The smallest absolute Gasteiger partial charge is 0.222 e. The summed E-state index contributed by atoms with van der Waals surface area (Å²) in [7, 11) is 0. The first-order valence-electron chi connectivity index (χ1n) is 7.84. The van der Waals surface area contributed by atoms with E-state index < -0.39 is 0 Å². The molecule has 0 aliphatic carbocycles. The first-order valence-corrected chi connectivity index (χ1v) is 7.84. The Bertz CT molecular complexity index is 480. The molecule has 0 bridgehead atoms. The van der Waals surface area contributed by atoms with Crippen LogP contribution in [0.1, 0.15) is 32.6 Å². The van der Waals surface area contributed by atoms with Gasteiger partial charge < -0.3 is 14.4 Å². The molecule has 1 aromatic rings. The zero-order chi connectivity index (χ0) is 14.7. The highest BCUT2D eigenvalue weighted by atomic mass is 16.6. The van der Waals surface area contributed by atoms with E-state index in [1.807, 2.05) is 42.2 Å². The number of likely N-dealkylation sites (tertiary alicyclic amines) is 1. The first-order chi connectivity index (χ1) is 10.2. The van der Waals surface area contributed by atoms with Gasteiger partial charge in [-0.25, -0.2) is 0 Å². The maximum Gasteiger partial charge on any atom is 0.222 e. The second-order valence-electron chi connectivity index (χ2n) is 5.99. The van der Waals surface area contributed by atoms with Crippen LogP contribution in [0.4, 0.5) is 0 Å². The molecule has 2 aliphatic heterocycles. The third-order valence-corrected chi connectivity index (χ3v) is 4.55. The molecule has 2 saturated heterocycles. The highest BCUT2D eigenvalue weighted by Crippen LogP contribution is 2.37. The standard InChI is InChI=1S/C17H23NO3/c1-2-16(19)18-10-8-17(9-11-18)12-15(13-20-17)21-14-6-4-3-5-7-14/h3-7,15H,2,8-13H2,1H3/t15-/m1/s1. The van der Waals surface area contributed by atoms with E-state index in [2.05, 4.69) is 0 Å². The molecule has 2 heterocycles. The van der Waals surface area contributed by atoms with Crippen LogP contribution in [0.3, 0.4) is 0 Å². The molecule has 0 aromatic heterocycles. The van der Waals surface area contributed by atoms with Gasteiger partial charge in [-0.15, -0.1) is 0 Å². The molecule has 0 N–H and O–H groups in total. The molecule has 1 aromatic carbocycles. The molecule has 4 heteroatoms. The topological polar surface area (TPSA) is 38.8 Å². The quantitative estimate of drug-likeness (QED) is 0.858. The zero-order valence-corrected chi connectivity index (χ0v) is 12.6. The van der Waals surface area contributed by atoms with Gasteiger partial charge in [-0.2, -0.15) is 0 Å². The van der Waals surface area contributed by atoms with Gasteiger partial charge in [-0.1, -0.05) is 25.1 Å². The van der Waals surface area contributed by atoms with Crippen molar-refractivity contribution in [3.63, 3.8) is 0 Å². The first kappa shape index (κ1) is 14.4. The lowest BCUT2D eigenvalue weighted by Crippen LogP contribution is -2.46. The average Bonchev–Trinajstić information content (AvgIpc) is 2.91. The number of carbonyl (C=O) groups is 1. The third-order valence-electron chi connectivity index (χ3n) is 4.55. The van der Waals surface area contributed by atoms with Crippen LogP contribution in [0, 0.1) is 0 Å². The lowest BCUT2D eigenvalue weighted by Gasteiger charge is -2.38. The number of nitrogens with zero attached hydrogens (tertiary/aromatic N) is 1. The molecule has 0 saturated carbocycles. The van der Waals surface area contributed by atoms with Gasteiger partial charge in [-0.3, -0.25) is 4.79 Å². The van der Waals surface area contributed by atoms with E-state index in [1.165, 1.54) is 0 Å². The summed E-state index contributed by atoms with van der Waals surface area (Å²) in [6.07, 6.45) is 3.49. The molecule has 2 fully saturated rings. The van der Waals surface area contributed by atoms with Crippen LogP contribution in [0.15, 0.2) is 30.3 Å². The van der Waals surface area contributed by atoms with Crippen molar-refractivity contribution in [3.8, 4) is 5.75 Å². The molecule has 1 amide bonds. The van der Waals surface area contributed by atoms with Gasteiger partial charge in [0.2, 0.25) is 5.91 Å². The molecule has 1 atom stereocenters. The second-order valence-corrected chi connectivity index (χ2v) is 5.99. The minimum atomic E-state index is -0.0794. The molecule has 3 rings (SSSR count). The predicted octanol–water partition coefficient (Wildman–Crippen LogP) is 2.63. The number of para-hydroxylation sites is 1. The van der Waals surface area contributed by atoms with E-state index in [0.717, 1.165) is 38.1 Å². The van der Waals surface area contributed by atoms with Gasteiger partial charge in [0, 0.05) is 25.9 Å². The van der Waals surface area contributed by atoms with Gasteiger partial charge >= 0.3 is 0 Å². The van der Waals surface area contributed by atoms with E-state index in [0.29, 0.717) is 13.0 Å². The van der Waals surface area contributed by atoms with E-state index in [-0.39, 0.29) is 17.6 Å². The van der Waals surface area contributed by atoms with Crippen LogP contribution in [0.5, 0.6) is 5.75 Å². The Morgan fingerprint density at radius 2 is 2.05 bits per heavy atom. The monoisotopic (exact) mass is 289 g/mol. The van der Waals surface area contributed by atoms with Crippen molar-refractivity contribution in [3.05, 3.63) is 30.3 Å². The molecule has 4 nitrogen and oxygen atoms in total. The number of carbonyl (C=O) groups excluding carboxylic acids is 1. The summed E-state index contributed by atoms with van der Waals surface area (Å²) in [5.41, 5.74) is -0.0794. The normalized spacial score (nSPS) is 24.2. The van der Waals surface area contributed by atoms with Crippen molar-refractivity contribution in [2.24, 2.45) is 0 Å². The van der Waals surface area contributed by atoms with Crippen molar-refractivity contribution < 1.29 is 14.3 Å². The lowest BCUT2D eigenvalue weighted by molar-refractivity contribution is -0.135. The summed E-state index contributed by atoms with van der Waals surface area (Å²) in [4.78, 5) is 13.7. The molecule has 21 heavy (non-hydrogen) atoms. The van der Waals surface area contributed by atoms with E-state index >= 15 is 0 Å². The summed E-state index contributed by atoms with van der Waals surface area (Å²) >= 11 is 0. The Morgan fingerprint density at radius 3 is 2.71 bits per heavy atom. The van der Waals surface area contributed by atoms with Gasteiger partial charge in [0.15, 0.2) is 0 Å². The summed E-state index contributed by atoms with van der Waals surface area (Å²) in [5, 5.41) is 0. The molecular formula is C17H23NO3. The zero-order valence-electron chi connectivity index (χ0n) is 12.6. The highest BCUT2D eigenvalue weighted by Gasteiger charge is 2.44.